The van der Waals surface area contributed by atoms with Gasteiger partial charge < -0.3 is 15.0 Å². The van der Waals surface area contributed by atoms with E-state index in [0.717, 1.165) is 5.56 Å². The van der Waals surface area contributed by atoms with Crippen molar-refractivity contribution >= 4 is 11.9 Å². The molecule has 2 aromatic heterocycles. The van der Waals surface area contributed by atoms with Crippen molar-refractivity contribution in [2.45, 2.75) is 19.5 Å². The minimum Gasteiger partial charge on any atom is -0.477 e. The Labute approximate surface area is 116 Å². The molecule has 1 unspecified atom stereocenters. The molecule has 0 aliphatic carbocycles. The summed E-state index contributed by atoms with van der Waals surface area (Å²) in [4.78, 5) is 26.9. The molecule has 0 aromatic carbocycles. The monoisotopic (exact) mass is 273 g/mol. The number of carboxylic acid groups (broad SMARTS) is 1. The van der Waals surface area contributed by atoms with Gasteiger partial charge in [0.1, 0.15) is 12.2 Å². The van der Waals surface area contributed by atoms with Gasteiger partial charge in [-0.15, -0.1) is 0 Å². The van der Waals surface area contributed by atoms with E-state index in [2.05, 4.69) is 10.3 Å². The summed E-state index contributed by atoms with van der Waals surface area (Å²) in [7, 11) is 0. The molecule has 0 bridgehead atoms. The zero-order valence-corrected chi connectivity index (χ0v) is 11.0. The van der Waals surface area contributed by atoms with E-state index in [1.165, 1.54) is 10.6 Å². The summed E-state index contributed by atoms with van der Waals surface area (Å²) in [6, 6.07) is 6.55. The van der Waals surface area contributed by atoms with Gasteiger partial charge in [-0.05, 0) is 30.7 Å². The van der Waals surface area contributed by atoms with Crippen LogP contribution in [0.3, 0.4) is 0 Å². The lowest BCUT2D eigenvalue weighted by Crippen LogP contribution is -2.30. The molecule has 2 rings (SSSR count). The molecule has 0 radical (unpaired) electrons. The molecule has 2 heterocycles. The average Bonchev–Trinajstić information content (AvgIpc) is 2.87. The Morgan fingerprint density at radius 1 is 1.40 bits per heavy atom. The first-order valence-electron chi connectivity index (χ1n) is 6.15. The third-order valence-corrected chi connectivity index (χ3v) is 2.92. The highest BCUT2D eigenvalue weighted by Crippen LogP contribution is 2.10. The summed E-state index contributed by atoms with van der Waals surface area (Å²) in [6.07, 6.45) is 4.91. The second-order valence-corrected chi connectivity index (χ2v) is 4.40. The summed E-state index contributed by atoms with van der Waals surface area (Å²) >= 11 is 0. The summed E-state index contributed by atoms with van der Waals surface area (Å²) in [5, 5.41) is 11.8. The molecule has 104 valence electrons. The van der Waals surface area contributed by atoms with Crippen molar-refractivity contribution in [3.8, 4) is 0 Å². The molecule has 0 fully saturated rings. The van der Waals surface area contributed by atoms with Crippen LogP contribution >= 0.6 is 0 Å². The van der Waals surface area contributed by atoms with Crippen LogP contribution in [0.25, 0.3) is 0 Å². The van der Waals surface area contributed by atoms with Gasteiger partial charge in [-0.2, -0.15) is 0 Å². The number of amides is 1. The van der Waals surface area contributed by atoms with Crippen molar-refractivity contribution in [1.82, 2.24) is 14.9 Å². The molecule has 1 amide bonds. The average molecular weight is 273 g/mol. The van der Waals surface area contributed by atoms with E-state index in [0.29, 0.717) is 0 Å². The number of aromatic carboxylic acids is 1. The minimum atomic E-state index is -1.05. The van der Waals surface area contributed by atoms with E-state index < -0.39 is 5.97 Å². The van der Waals surface area contributed by atoms with E-state index in [1.807, 2.05) is 13.0 Å². The summed E-state index contributed by atoms with van der Waals surface area (Å²) in [6.45, 7) is 1.82. The van der Waals surface area contributed by atoms with E-state index in [4.69, 9.17) is 5.11 Å². The van der Waals surface area contributed by atoms with Crippen LogP contribution in [-0.2, 0) is 11.3 Å². The van der Waals surface area contributed by atoms with Crippen molar-refractivity contribution in [1.29, 1.82) is 0 Å². The molecule has 0 aliphatic rings. The first-order valence-corrected chi connectivity index (χ1v) is 6.15. The largest absolute Gasteiger partial charge is 0.477 e. The maximum absolute atomic E-state index is 11.9. The van der Waals surface area contributed by atoms with Crippen LogP contribution in [0.15, 0.2) is 42.9 Å². The van der Waals surface area contributed by atoms with Crippen LogP contribution < -0.4 is 5.32 Å². The Kier molecular flexibility index (Phi) is 4.14. The highest BCUT2D eigenvalue weighted by molar-refractivity contribution is 5.86. The van der Waals surface area contributed by atoms with Crippen LogP contribution in [0.1, 0.15) is 29.0 Å². The molecule has 6 nitrogen and oxygen atoms in total. The Hall–Kier alpha value is -2.63. The molecular formula is C14H15N3O3. The van der Waals surface area contributed by atoms with Crippen LogP contribution in [-0.4, -0.2) is 26.5 Å². The minimum absolute atomic E-state index is 0.0285. The summed E-state index contributed by atoms with van der Waals surface area (Å²) in [5.41, 5.74) is 0.987. The predicted octanol–water partition coefficient (Wildman–Crippen LogP) is 1.46. The van der Waals surface area contributed by atoms with Crippen molar-refractivity contribution in [3.63, 3.8) is 0 Å². The van der Waals surface area contributed by atoms with E-state index in [9.17, 15) is 9.59 Å². The first-order chi connectivity index (χ1) is 9.58. The molecule has 0 saturated heterocycles. The third-order valence-electron chi connectivity index (χ3n) is 2.92. The Balaban J connectivity index is 1.99. The molecule has 0 saturated carbocycles. The lowest BCUT2D eigenvalue weighted by atomic mass is 10.1. The van der Waals surface area contributed by atoms with Crippen molar-refractivity contribution in [2.75, 3.05) is 0 Å². The van der Waals surface area contributed by atoms with E-state index >= 15 is 0 Å². The number of nitrogens with one attached hydrogen (secondary N) is 1. The van der Waals surface area contributed by atoms with Crippen molar-refractivity contribution in [2.24, 2.45) is 0 Å². The Morgan fingerprint density at radius 3 is 2.85 bits per heavy atom. The number of hydrogen-bond donors (Lipinski definition) is 2. The topological polar surface area (TPSA) is 84.2 Å². The number of carbonyl (C=O) groups is 2. The Bertz CT molecular complexity index is 607. The molecule has 1 atom stereocenters. The van der Waals surface area contributed by atoms with E-state index in [-0.39, 0.29) is 24.2 Å². The maximum Gasteiger partial charge on any atom is 0.352 e. The zero-order chi connectivity index (χ0) is 14.5. The number of nitrogens with zero attached hydrogens (tertiary/aromatic N) is 2. The number of aromatic nitrogens is 2. The van der Waals surface area contributed by atoms with Gasteiger partial charge >= 0.3 is 5.97 Å². The van der Waals surface area contributed by atoms with Gasteiger partial charge in [-0.3, -0.25) is 9.78 Å². The van der Waals surface area contributed by atoms with Crippen LogP contribution in [0.5, 0.6) is 0 Å². The number of rotatable bonds is 5. The number of carboxylic acids is 1. The Morgan fingerprint density at radius 2 is 2.20 bits per heavy atom. The van der Waals surface area contributed by atoms with Crippen LogP contribution in [0, 0.1) is 0 Å². The van der Waals surface area contributed by atoms with Crippen LogP contribution in [0.2, 0.25) is 0 Å². The lowest BCUT2D eigenvalue weighted by molar-refractivity contribution is -0.122. The second-order valence-electron chi connectivity index (χ2n) is 4.40. The molecule has 2 N–H and O–H groups in total. The van der Waals surface area contributed by atoms with E-state index in [1.54, 1.807) is 30.7 Å². The number of hydrogen-bond acceptors (Lipinski definition) is 3. The molecule has 0 aliphatic heterocycles. The SMILES string of the molecule is CC(NC(=O)Cn1cccc1C(=O)O)c1cccnc1. The van der Waals surface area contributed by atoms with Gasteiger partial charge in [-0.1, -0.05) is 6.07 Å². The van der Waals surface area contributed by atoms with Gasteiger partial charge in [0.25, 0.3) is 0 Å². The van der Waals surface area contributed by atoms with Gasteiger partial charge in [-0.25, -0.2) is 4.79 Å². The van der Waals surface area contributed by atoms with Crippen LogP contribution in [0.4, 0.5) is 0 Å². The highest BCUT2D eigenvalue weighted by atomic mass is 16.4. The first kappa shape index (κ1) is 13.8. The standard InChI is InChI=1S/C14H15N3O3/c1-10(11-4-2-6-15-8-11)16-13(18)9-17-7-3-5-12(17)14(19)20/h2-8,10H,9H2,1H3,(H,16,18)(H,19,20). The molecular weight excluding hydrogens is 258 g/mol. The molecule has 20 heavy (non-hydrogen) atoms. The fourth-order valence-corrected chi connectivity index (χ4v) is 1.90. The predicted molar refractivity (Wildman–Crippen MR) is 72.2 cm³/mol. The fourth-order valence-electron chi connectivity index (χ4n) is 1.90. The van der Waals surface area contributed by atoms with Gasteiger partial charge in [0.05, 0.1) is 6.04 Å². The third kappa shape index (κ3) is 3.23. The summed E-state index contributed by atoms with van der Waals surface area (Å²) in [5.74, 6) is -1.30. The van der Waals surface area contributed by atoms with Gasteiger partial charge in [0.15, 0.2) is 0 Å². The van der Waals surface area contributed by atoms with Gasteiger partial charge in [0.2, 0.25) is 5.91 Å². The summed E-state index contributed by atoms with van der Waals surface area (Å²) < 4.78 is 1.40. The number of carbonyl (C=O) groups excluding carboxylic acids is 1. The highest BCUT2D eigenvalue weighted by Gasteiger charge is 2.13. The molecule has 6 heteroatoms. The normalized spacial score (nSPS) is 11.8. The maximum atomic E-state index is 11.9. The number of pyridine rings is 1. The quantitative estimate of drug-likeness (QED) is 0.863. The second kappa shape index (κ2) is 6.01. The van der Waals surface area contributed by atoms with Gasteiger partial charge in [0, 0.05) is 18.6 Å². The fraction of sp³-hybridized carbons (Fsp3) is 0.214. The zero-order valence-electron chi connectivity index (χ0n) is 11.0. The van der Waals surface area contributed by atoms with Crippen molar-refractivity contribution < 1.29 is 14.7 Å². The molecule has 0 spiro atoms. The smallest absolute Gasteiger partial charge is 0.352 e. The lowest BCUT2D eigenvalue weighted by Gasteiger charge is -2.14. The molecule has 2 aromatic rings. The van der Waals surface area contributed by atoms with Crippen molar-refractivity contribution in [3.05, 3.63) is 54.1 Å².